The maximum absolute atomic E-state index is 8.68. The molecule has 0 aliphatic carbocycles. The minimum Gasteiger partial charge on any atom is -0.396 e. The fraction of sp³-hybridized carbons (Fsp3) is 0.538. The highest BCUT2D eigenvalue weighted by Gasteiger charge is 2.01. The number of aliphatic hydroxyl groups excluding tert-OH is 1. The van der Waals surface area contributed by atoms with Gasteiger partial charge in [0.2, 0.25) is 0 Å². The van der Waals surface area contributed by atoms with E-state index in [1.54, 1.807) is 0 Å². The topological polar surface area (TPSA) is 35.5 Å². The number of unbranched alkanes of at least 4 members (excludes halogenated alkanes) is 1. The van der Waals surface area contributed by atoms with E-state index in [0.29, 0.717) is 0 Å². The molecule has 0 aromatic heterocycles. The van der Waals surface area contributed by atoms with E-state index >= 15 is 0 Å². The van der Waals surface area contributed by atoms with Crippen LogP contribution in [0.3, 0.4) is 0 Å². The van der Waals surface area contributed by atoms with Crippen LogP contribution >= 0.6 is 0 Å². The lowest BCUT2D eigenvalue weighted by Crippen LogP contribution is -2.11. The van der Waals surface area contributed by atoms with Crippen LogP contribution in [0.1, 0.15) is 18.4 Å². The second-order valence-electron chi connectivity index (χ2n) is 4.25. The van der Waals surface area contributed by atoms with Crippen LogP contribution in [0.4, 0.5) is 11.4 Å². The number of aryl methyl sites for hydroxylation is 1. The van der Waals surface area contributed by atoms with Crippen LogP contribution in [0.2, 0.25) is 0 Å². The Morgan fingerprint density at radius 1 is 1.25 bits per heavy atom. The van der Waals surface area contributed by atoms with E-state index < -0.39 is 0 Å². The quantitative estimate of drug-likeness (QED) is 0.725. The first-order chi connectivity index (χ1) is 7.65. The van der Waals surface area contributed by atoms with E-state index in [1.165, 1.54) is 11.3 Å². The van der Waals surface area contributed by atoms with Crippen molar-refractivity contribution in [2.75, 3.05) is 37.5 Å². The van der Waals surface area contributed by atoms with E-state index in [1.807, 2.05) is 0 Å². The first kappa shape index (κ1) is 12.8. The van der Waals surface area contributed by atoms with Crippen molar-refractivity contribution in [2.45, 2.75) is 19.8 Å². The highest BCUT2D eigenvalue weighted by molar-refractivity contribution is 5.61. The van der Waals surface area contributed by atoms with Gasteiger partial charge in [-0.2, -0.15) is 0 Å². The Bertz CT molecular complexity index is 324. The van der Waals surface area contributed by atoms with Crippen LogP contribution in [0.5, 0.6) is 0 Å². The second kappa shape index (κ2) is 6.38. The molecule has 3 nitrogen and oxygen atoms in total. The highest BCUT2D eigenvalue weighted by Crippen LogP contribution is 2.22. The smallest absolute Gasteiger partial charge is 0.0431 e. The van der Waals surface area contributed by atoms with Gasteiger partial charge in [0.15, 0.2) is 0 Å². The van der Waals surface area contributed by atoms with Crippen LogP contribution in [-0.4, -0.2) is 32.4 Å². The average molecular weight is 222 g/mol. The summed E-state index contributed by atoms with van der Waals surface area (Å²) in [5, 5.41) is 12.0. The molecule has 0 aliphatic rings. The maximum atomic E-state index is 8.68. The minimum absolute atomic E-state index is 0.276. The molecule has 0 radical (unpaired) electrons. The Morgan fingerprint density at radius 2 is 2.00 bits per heavy atom. The SMILES string of the molecule is Cc1ccc(NCCCCO)cc1N(C)C. The van der Waals surface area contributed by atoms with Gasteiger partial charge in [-0.3, -0.25) is 0 Å². The molecule has 1 aromatic carbocycles. The Balaban J connectivity index is 2.57. The standard InChI is InChI=1S/C13H22N2O/c1-11-6-7-12(10-13(11)15(2)3)14-8-4-5-9-16/h6-7,10,14,16H,4-5,8-9H2,1-3H3. The van der Waals surface area contributed by atoms with Crippen molar-refractivity contribution in [3.8, 4) is 0 Å². The molecule has 0 aliphatic heterocycles. The second-order valence-corrected chi connectivity index (χ2v) is 4.25. The third-order valence-corrected chi connectivity index (χ3v) is 2.60. The van der Waals surface area contributed by atoms with E-state index in [0.717, 1.165) is 25.1 Å². The fourth-order valence-electron chi connectivity index (χ4n) is 1.67. The van der Waals surface area contributed by atoms with Gasteiger partial charge in [0.1, 0.15) is 0 Å². The third-order valence-electron chi connectivity index (χ3n) is 2.60. The van der Waals surface area contributed by atoms with Crippen LogP contribution in [0.15, 0.2) is 18.2 Å². The van der Waals surface area contributed by atoms with Gasteiger partial charge in [-0.1, -0.05) is 6.07 Å². The molecule has 0 unspecified atom stereocenters. The van der Waals surface area contributed by atoms with Gasteiger partial charge in [0, 0.05) is 38.6 Å². The molecule has 0 bridgehead atoms. The molecular formula is C13H22N2O. The summed E-state index contributed by atoms with van der Waals surface area (Å²) >= 11 is 0. The van der Waals surface area contributed by atoms with Crippen molar-refractivity contribution in [3.05, 3.63) is 23.8 Å². The first-order valence-corrected chi connectivity index (χ1v) is 5.78. The molecule has 0 atom stereocenters. The van der Waals surface area contributed by atoms with Crippen LogP contribution in [-0.2, 0) is 0 Å². The van der Waals surface area contributed by atoms with Gasteiger partial charge in [-0.15, -0.1) is 0 Å². The lowest BCUT2D eigenvalue weighted by Gasteiger charge is -2.17. The van der Waals surface area contributed by atoms with Crippen molar-refractivity contribution in [1.29, 1.82) is 0 Å². The molecule has 0 saturated carbocycles. The molecule has 0 spiro atoms. The minimum atomic E-state index is 0.276. The summed E-state index contributed by atoms with van der Waals surface area (Å²) in [5.41, 5.74) is 3.67. The van der Waals surface area contributed by atoms with Crippen molar-refractivity contribution < 1.29 is 5.11 Å². The molecule has 1 aromatic rings. The summed E-state index contributed by atoms with van der Waals surface area (Å²) in [6, 6.07) is 6.39. The lowest BCUT2D eigenvalue weighted by molar-refractivity contribution is 0.286. The molecule has 16 heavy (non-hydrogen) atoms. The monoisotopic (exact) mass is 222 g/mol. The van der Waals surface area contributed by atoms with E-state index in [-0.39, 0.29) is 6.61 Å². The number of anilines is 2. The molecule has 0 fully saturated rings. The number of rotatable bonds is 6. The number of aliphatic hydroxyl groups is 1. The van der Waals surface area contributed by atoms with Crippen molar-refractivity contribution in [1.82, 2.24) is 0 Å². The average Bonchev–Trinajstić information content (AvgIpc) is 2.26. The van der Waals surface area contributed by atoms with Gasteiger partial charge in [-0.25, -0.2) is 0 Å². The summed E-state index contributed by atoms with van der Waals surface area (Å²) in [6.07, 6.45) is 1.86. The van der Waals surface area contributed by atoms with Gasteiger partial charge in [-0.05, 0) is 37.5 Å². The Labute approximate surface area is 98.1 Å². The highest BCUT2D eigenvalue weighted by atomic mass is 16.2. The molecule has 2 N–H and O–H groups in total. The Kier molecular flexibility index (Phi) is 5.12. The van der Waals surface area contributed by atoms with E-state index in [9.17, 15) is 0 Å². The molecule has 3 heteroatoms. The van der Waals surface area contributed by atoms with Crippen LogP contribution in [0.25, 0.3) is 0 Å². The number of hydrogen-bond acceptors (Lipinski definition) is 3. The predicted octanol–water partition coefficient (Wildman–Crippen LogP) is 2.25. The predicted molar refractivity (Wildman–Crippen MR) is 70.3 cm³/mol. The van der Waals surface area contributed by atoms with Gasteiger partial charge < -0.3 is 15.3 Å². The number of hydrogen-bond donors (Lipinski definition) is 2. The van der Waals surface area contributed by atoms with Crippen molar-refractivity contribution in [2.24, 2.45) is 0 Å². The summed E-state index contributed by atoms with van der Waals surface area (Å²) in [6.45, 7) is 3.31. The zero-order chi connectivity index (χ0) is 12.0. The zero-order valence-electron chi connectivity index (χ0n) is 10.5. The molecule has 90 valence electrons. The normalized spacial score (nSPS) is 10.2. The van der Waals surface area contributed by atoms with Gasteiger partial charge in [0.25, 0.3) is 0 Å². The lowest BCUT2D eigenvalue weighted by atomic mass is 10.1. The van der Waals surface area contributed by atoms with E-state index in [4.69, 9.17) is 5.11 Å². The Hall–Kier alpha value is -1.22. The summed E-state index contributed by atoms with van der Waals surface area (Å²) < 4.78 is 0. The van der Waals surface area contributed by atoms with E-state index in [2.05, 4.69) is 49.4 Å². The number of nitrogens with one attached hydrogen (secondary N) is 1. The fourth-order valence-corrected chi connectivity index (χ4v) is 1.67. The summed E-state index contributed by atoms with van der Waals surface area (Å²) in [7, 11) is 4.11. The largest absolute Gasteiger partial charge is 0.396 e. The maximum Gasteiger partial charge on any atom is 0.0431 e. The molecular weight excluding hydrogens is 200 g/mol. The summed E-state index contributed by atoms with van der Waals surface area (Å²) in [4.78, 5) is 2.12. The van der Waals surface area contributed by atoms with Crippen molar-refractivity contribution >= 4 is 11.4 Å². The first-order valence-electron chi connectivity index (χ1n) is 5.78. The summed E-state index contributed by atoms with van der Waals surface area (Å²) in [5.74, 6) is 0. The zero-order valence-corrected chi connectivity index (χ0v) is 10.5. The van der Waals surface area contributed by atoms with Crippen LogP contribution < -0.4 is 10.2 Å². The molecule has 0 amide bonds. The van der Waals surface area contributed by atoms with Gasteiger partial charge in [0.05, 0.1) is 0 Å². The molecule has 0 saturated heterocycles. The number of nitrogens with zero attached hydrogens (tertiary/aromatic N) is 1. The Morgan fingerprint density at radius 3 is 2.62 bits per heavy atom. The van der Waals surface area contributed by atoms with Crippen LogP contribution in [0, 0.1) is 6.92 Å². The number of benzene rings is 1. The third kappa shape index (κ3) is 3.74. The molecule has 0 heterocycles. The van der Waals surface area contributed by atoms with Crippen molar-refractivity contribution in [3.63, 3.8) is 0 Å². The molecule has 1 rings (SSSR count). The van der Waals surface area contributed by atoms with Gasteiger partial charge >= 0.3 is 0 Å².